The molecule has 0 amide bonds. The lowest BCUT2D eigenvalue weighted by atomic mass is 10.1. The summed E-state index contributed by atoms with van der Waals surface area (Å²) in [5.41, 5.74) is 0.648. The van der Waals surface area contributed by atoms with Crippen LogP contribution in [0.2, 0.25) is 0 Å². The molecule has 1 aliphatic rings. The highest BCUT2D eigenvalue weighted by Gasteiger charge is 2.22. The first-order valence-corrected chi connectivity index (χ1v) is 11.9. The maximum Gasteiger partial charge on any atom is 0.303 e. The highest BCUT2D eigenvalue weighted by Crippen LogP contribution is 2.29. The fourth-order valence-corrected chi connectivity index (χ4v) is 4.69. The van der Waals surface area contributed by atoms with Gasteiger partial charge in [-0.3, -0.25) is 9.52 Å². The fourth-order valence-electron chi connectivity index (χ4n) is 3.61. The summed E-state index contributed by atoms with van der Waals surface area (Å²) in [7, 11) is -1.87. The molecular weight excluding hydrogens is 434 g/mol. The smallest absolute Gasteiger partial charge is 0.303 e. The lowest BCUT2D eigenvalue weighted by Gasteiger charge is -2.29. The van der Waals surface area contributed by atoms with Crippen molar-refractivity contribution in [2.24, 2.45) is 0 Å². The zero-order valence-electron chi connectivity index (χ0n) is 17.7. The number of carboxylic acids is 1. The largest absolute Gasteiger partial charge is 0.481 e. The van der Waals surface area contributed by atoms with Crippen LogP contribution in [0.15, 0.2) is 51.9 Å². The Kier molecular flexibility index (Phi) is 6.33. The van der Waals surface area contributed by atoms with Crippen LogP contribution in [0.25, 0.3) is 11.0 Å². The van der Waals surface area contributed by atoms with Gasteiger partial charge in [-0.15, -0.1) is 0 Å². The number of aliphatic carboxylic acids is 1. The second-order valence-electron chi connectivity index (χ2n) is 7.89. The van der Waals surface area contributed by atoms with Crippen LogP contribution < -0.4 is 9.46 Å². The standard InChI is InChI=1S/C22H25N3O6S/c1-25-11-8-16(9-12-25)31-22-19(3-2-10-23-22)24-32(28,29)18-6-4-15-13-17(5-7-21(26)27)30-20(15)14-18/h2-4,6,10,13-14,16,24H,5,7-9,11-12H2,1H3,(H,26,27). The van der Waals surface area contributed by atoms with E-state index in [1.165, 1.54) is 12.1 Å². The third-order valence-corrected chi connectivity index (χ3v) is 6.76. The molecule has 2 aromatic heterocycles. The fraction of sp³-hybridized carbons (Fsp3) is 0.364. The summed E-state index contributed by atoms with van der Waals surface area (Å²) in [4.78, 5) is 17.2. The Labute approximate surface area is 186 Å². The quantitative estimate of drug-likeness (QED) is 0.527. The van der Waals surface area contributed by atoms with Crippen molar-refractivity contribution in [3.63, 3.8) is 0 Å². The minimum atomic E-state index is -3.93. The van der Waals surface area contributed by atoms with E-state index in [-0.39, 0.29) is 35.4 Å². The molecule has 0 bridgehead atoms. The van der Waals surface area contributed by atoms with Gasteiger partial charge in [0, 0.05) is 37.2 Å². The first-order valence-electron chi connectivity index (χ1n) is 10.4. The molecule has 4 rings (SSSR count). The predicted molar refractivity (Wildman–Crippen MR) is 118 cm³/mol. The maximum absolute atomic E-state index is 13.0. The minimum Gasteiger partial charge on any atom is -0.481 e. The van der Waals surface area contributed by atoms with Gasteiger partial charge in [0.05, 0.1) is 11.3 Å². The molecule has 3 heterocycles. The van der Waals surface area contributed by atoms with Gasteiger partial charge in [0.1, 0.15) is 23.1 Å². The first-order chi connectivity index (χ1) is 15.3. The minimum absolute atomic E-state index is 0.0203. The van der Waals surface area contributed by atoms with Crippen molar-refractivity contribution in [2.75, 3.05) is 24.9 Å². The number of ether oxygens (including phenoxy) is 1. The molecule has 2 N–H and O–H groups in total. The topological polar surface area (TPSA) is 122 Å². The number of nitrogens with zero attached hydrogens (tertiary/aromatic N) is 2. The van der Waals surface area contributed by atoms with Gasteiger partial charge in [-0.1, -0.05) is 0 Å². The van der Waals surface area contributed by atoms with Gasteiger partial charge in [-0.05, 0) is 50.2 Å². The van der Waals surface area contributed by atoms with E-state index in [1.807, 2.05) is 0 Å². The number of pyridine rings is 1. The van der Waals surface area contributed by atoms with Crippen LogP contribution in [0.4, 0.5) is 5.69 Å². The van der Waals surface area contributed by atoms with E-state index in [1.54, 1.807) is 30.5 Å². The van der Waals surface area contributed by atoms with E-state index in [4.69, 9.17) is 14.3 Å². The second-order valence-corrected chi connectivity index (χ2v) is 9.57. The van der Waals surface area contributed by atoms with E-state index in [0.29, 0.717) is 16.7 Å². The molecule has 3 aromatic rings. The van der Waals surface area contributed by atoms with Crippen molar-refractivity contribution in [3.8, 4) is 5.88 Å². The number of benzene rings is 1. The monoisotopic (exact) mass is 459 g/mol. The Morgan fingerprint density at radius 2 is 2.06 bits per heavy atom. The van der Waals surface area contributed by atoms with Gasteiger partial charge in [-0.25, -0.2) is 13.4 Å². The van der Waals surface area contributed by atoms with Crippen LogP contribution in [0.3, 0.4) is 0 Å². The highest BCUT2D eigenvalue weighted by atomic mass is 32.2. The summed E-state index contributed by atoms with van der Waals surface area (Å²) < 4.78 is 40.3. The number of aryl methyl sites for hydroxylation is 1. The first kappa shape index (κ1) is 22.1. The SMILES string of the molecule is CN1CCC(Oc2ncccc2NS(=O)(=O)c2ccc3cc(CCC(=O)O)oc3c2)CC1. The summed E-state index contributed by atoms with van der Waals surface area (Å²) in [6, 6.07) is 9.52. The van der Waals surface area contributed by atoms with E-state index < -0.39 is 16.0 Å². The van der Waals surface area contributed by atoms with Crippen molar-refractivity contribution in [2.45, 2.75) is 36.7 Å². The molecule has 0 unspecified atom stereocenters. The van der Waals surface area contributed by atoms with Gasteiger partial charge in [0.15, 0.2) is 0 Å². The van der Waals surface area contributed by atoms with Gasteiger partial charge in [0.25, 0.3) is 10.0 Å². The van der Waals surface area contributed by atoms with Gasteiger partial charge in [0.2, 0.25) is 5.88 Å². The number of rotatable bonds is 8. The van der Waals surface area contributed by atoms with Crippen LogP contribution in [0.1, 0.15) is 25.0 Å². The van der Waals surface area contributed by atoms with Gasteiger partial charge >= 0.3 is 5.97 Å². The van der Waals surface area contributed by atoms with Crippen molar-refractivity contribution >= 4 is 32.6 Å². The van der Waals surface area contributed by atoms with Crippen LogP contribution in [-0.4, -0.2) is 55.6 Å². The number of aromatic nitrogens is 1. The van der Waals surface area contributed by atoms with Crippen molar-refractivity contribution in [1.82, 2.24) is 9.88 Å². The van der Waals surface area contributed by atoms with Gasteiger partial charge < -0.3 is 19.2 Å². The number of carboxylic acid groups (broad SMARTS) is 1. The van der Waals surface area contributed by atoms with Crippen molar-refractivity contribution in [1.29, 1.82) is 0 Å². The molecule has 0 aliphatic carbocycles. The zero-order chi connectivity index (χ0) is 22.7. The number of piperidine rings is 1. The van der Waals surface area contributed by atoms with Crippen LogP contribution in [0, 0.1) is 0 Å². The number of sulfonamides is 1. The Hall–Kier alpha value is -3.11. The third-order valence-electron chi connectivity index (χ3n) is 5.40. The Morgan fingerprint density at radius 1 is 1.28 bits per heavy atom. The maximum atomic E-state index is 13.0. The van der Waals surface area contributed by atoms with Crippen LogP contribution in [0.5, 0.6) is 5.88 Å². The Bertz CT molecular complexity index is 1220. The molecular formula is C22H25N3O6S. The van der Waals surface area contributed by atoms with Gasteiger partial charge in [-0.2, -0.15) is 0 Å². The number of nitrogens with one attached hydrogen (secondary N) is 1. The Balaban J connectivity index is 1.53. The molecule has 0 saturated carbocycles. The van der Waals surface area contributed by atoms with E-state index >= 15 is 0 Å². The molecule has 0 spiro atoms. The van der Waals surface area contributed by atoms with Crippen molar-refractivity contribution < 1.29 is 27.5 Å². The van der Waals surface area contributed by atoms with E-state index in [0.717, 1.165) is 25.9 Å². The molecule has 0 atom stereocenters. The van der Waals surface area contributed by atoms with E-state index in [9.17, 15) is 13.2 Å². The number of furan rings is 1. The molecule has 1 aromatic carbocycles. The summed E-state index contributed by atoms with van der Waals surface area (Å²) in [6.07, 6.45) is 3.41. The molecule has 10 heteroatoms. The number of hydrogen-bond acceptors (Lipinski definition) is 7. The molecule has 1 aliphatic heterocycles. The number of hydrogen-bond donors (Lipinski definition) is 2. The van der Waals surface area contributed by atoms with Crippen molar-refractivity contribution in [3.05, 3.63) is 48.4 Å². The molecule has 0 radical (unpaired) electrons. The highest BCUT2D eigenvalue weighted by molar-refractivity contribution is 7.92. The summed E-state index contributed by atoms with van der Waals surface area (Å²) in [5.74, 6) is -0.181. The molecule has 1 fully saturated rings. The average molecular weight is 460 g/mol. The number of fused-ring (bicyclic) bond motifs is 1. The number of anilines is 1. The lowest BCUT2D eigenvalue weighted by molar-refractivity contribution is -0.137. The molecule has 32 heavy (non-hydrogen) atoms. The summed E-state index contributed by atoms with van der Waals surface area (Å²) in [6.45, 7) is 1.83. The summed E-state index contributed by atoms with van der Waals surface area (Å²) >= 11 is 0. The molecule has 170 valence electrons. The molecule has 1 saturated heterocycles. The average Bonchev–Trinajstić information content (AvgIpc) is 3.17. The lowest BCUT2D eigenvalue weighted by Crippen LogP contribution is -2.36. The molecule has 9 nitrogen and oxygen atoms in total. The predicted octanol–water partition coefficient (Wildman–Crippen LogP) is 3.12. The third kappa shape index (κ3) is 5.20. The second kappa shape index (κ2) is 9.17. The Morgan fingerprint density at radius 3 is 2.81 bits per heavy atom. The summed E-state index contributed by atoms with van der Waals surface area (Å²) in [5, 5.41) is 9.54. The van der Waals surface area contributed by atoms with Crippen LogP contribution in [-0.2, 0) is 21.2 Å². The number of carbonyl (C=O) groups is 1. The number of likely N-dealkylation sites (tertiary alicyclic amines) is 1. The zero-order valence-corrected chi connectivity index (χ0v) is 18.5. The van der Waals surface area contributed by atoms with Crippen LogP contribution >= 0.6 is 0 Å². The normalized spacial score (nSPS) is 15.7. The van der Waals surface area contributed by atoms with E-state index in [2.05, 4.69) is 21.7 Å².